The highest BCUT2D eigenvalue weighted by Crippen LogP contribution is 2.05. The van der Waals surface area contributed by atoms with Gasteiger partial charge in [0.1, 0.15) is 20.6 Å². The number of hydrogen-bond donors (Lipinski definition) is 0. The molecule has 14 heavy (non-hydrogen) atoms. The van der Waals surface area contributed by atoms with E-state index in [-0.39, 0.29) is 23.0 Å². The summed E-state index contributed by atoms with van der Waals surface area (Å²) in [7, 11) is 3.74. The first-order valence-corrected chi connectivity index (χ1v) is 4.61. The van der Waals surface area contributed by atoms with Crippen LogP contribution in [0.25, 0.3) is 0 Å². The van der Waals surface area contributed by atoms with Gasteiger partial charge in [-0.15, -0.1) is 4.65 Å². The maximum atomic E-state index is 11.2. The van der Waals surface area contributed by atoms with Crippen molar-refractivity contribution in [1.29, 1.82) is 0 Å². The summed E-state index contributed by atoms with van der Waals surface area (Å²) in [4.78, 5) is 16.4. The van der Waals surface area contributed by atoms with E-state index in [0.717, 1.165) is 19.4 Å². The van der Waals surface area contributed by atoms with Gasteiger partial charge in [-0.3, -0.25) is 4.84 Å². The lowest BCUT2D eigenvalue weighted by atomic mass is 10.3. The summed E-state index contributed by atoms with van der Waals surface area (Å²) in [6, 6.07) is 0. The Bertz CT molecular complexity index is 202. The first-order chi connectivity index (χ1) is 5.89. The zero-order valence-corrected chi connectivity index (χ0v) is 10.2. The van der Waals surface area contributed by atoms with Gasteiger partial charge in [-0.2, -0.15) is 0 Å². The fourth-order valence-corrected chi connectivity index (χ4v) is 0.887. The highest BCUT2D eigenvalue weighted by Gasteiger charge is 2.21. The van der Waals surface area contributed by atoms with Crippen molar-refractivity contribution in [2.24, 2.45) is 0 Å². The monoisotopic (exact) mass is 221 g/mol. The molecule has 0 saturated heterocycles. The standard InChI is InChI=1S/C10H20NO2.ClH/c1-6-7-8-11(4,5)13-10(12)9(2)3;/h2,6-8H2,1,3-5H3;1H/q+1;/p-1. The number of hydroxylamine groups is 3. The van der Waals surface area contributed by atoms with Crippen LogP contribution in [0.4, 0.5) is 0 Å². The third-order valence-electron chi connectivity index (χ3n) is 1.73. The number of carbonyl (C=O) groups is 1. The van der Waals surface area contributed by atoms with E-state index in [4.69, 9.17) is 4.84 Å². The van der Waals surface area contributed by atoms with Crippen molar-refractivity contribution < 1.29 is 26.7 Å². The summed E-state index contributed by atoms with van der Waals surface area (Å²) < 4.78 is 0.277. The molecule has 3 nitrogen and oxygen atoms in total. The van der Waals surface area contributed by atoms with E-state index in [1.807, 2.05) is 14.1 Å². The Morgan fingerprint density at radius 3 is 2.29 bits per heavy atom. The molecule has 0 fully saturated rings. The van der Waals surface area contributed by atoms with Crippen molar-refractivity contribution >= 4 is 5.97 Å². The second-order valence-corrected chi connectivity index (χ2v) is 3.81. The van der Waals surface area contributed by atoms with E-state index in [1.165, 1.54) is 0 Å². The van der Waals surface area contributed by atoms with E-state index >= 15 is 0 Å². The molecule has 0 aliphatic heterocycles. The van der Waals surface area contributed by atoms with E-state index < -0.39 is 0 Å². The minimum Gasteiger partial charge on any atom is -1.00 e. The predicted octanol–water partition coefficient (Wildman–Crippen LogP) is -1.10. The van der Waals surface area contributed by atoms with Gasteiger partial charge in [0.15, 0.2) is 0 Å². The van der Waals surface area contributed by atoms with Gasteiger partial charge in [-0.05, 0) is 13.3 Å². The van der Waals surface area contributed by atoms with Gasteiger partial charge >= 0.3 is 5.97 Å². The van der Waals surface area contributed by atoms with Gasteiger partial charge in [0.05, 0.1) is 0 Å². The average Bonchev–Trinajstić information content (AvgIpc) is 2.00. The van der Waals surface area contributed by atoms with Crippen molar-refractivity contribution in [3.8, 4) is 0 Å². The number of hydrogen-bond acceptors (Lipinski definition) is 2. The summed E-state index contributed by atoms with van der Waals surface area (Å²) in [6.07, 6.45) is 2.16. The Hall–Kier alpha value is -0.540. The van der Waals surface area contributed by atoms with Crippen molar-refractivity contribution in [2.75, 3.05) is 20.6 Å². The zero-order chi connectivity index (χ0) is 10.5. The zero-order valence-electron chi connectivity index (χ0n) is 9.47. The molecule has 0 heterocycles. The summed E-state index contributed by atoms with van der Waals surface area (Å²) in [6.45, 7) is 8.14. The Morgan fingerprint density at radius 2 is 1.93 bits per heavy atom. The lowest BCUT2D eigenvalue weighted by molar-refractivity contribution is -1.06. The molecule has 0 aromatic rings. The Kier molecular flexibility index (Phi) is 7.78. The molecular weight excluding hydrogens is 202 g/mol. The molecule has 0 bridgehead atoms. The van der Waals surface area contributed by atoms with Gasteiger partial charge in [0, 0.05) is 5.57 Å². The van der Waals surface area contributed by atoms with Crippen LogP contribution in [0.5, 0.6) is 0 Å². The molecule has 0 aromatic carbocycles. The van der Waals surface area contributed by atoms with Gasteiger partial charge in [0.25, 0.3) is 0 Å². The first kappa shape index (κ1) is 15.9. The molecule has 0 unspecified atom stereocenters. The third kappa shape index (κ3) is 6.92. The molecule has 0 aliphatic carbocycles. The minimum absolute atomic E-state index is 0. The molecular formula is C10H20ClNO2. The average molecular weight is 222 g/mol. The molecule has 0 aliphatic rings. The maximum Gasteiger partial charge on any atom is 0.392 e. The SMILES string of the molecule is C=C(C)C(=O)O[N+](C)(C)CCCC.[Cl-]. The number of unbranched alkanes of at least 4 members (excludes halogenated alkanes) is 1. The fraction of sp³-hybridized carbons (Fsp3) is 0.700. The quantitative estimate of drug-likeness (QED) is 0.335. The van der Waals surface area contributed by atoms with Crippen LogP contribution in [0.1, 0.15) is 26.7 Å². The van der Waals surface area contributed by atoms with Crippen LogP contribution in [-0.2, 0) is 9.63 Å². The first-order valence-electron chi connectivity index (χ1n) is 4.61. The van der Waals surface area contributed by atoms with E-state index in [2.05, 4.69) is 13.5 Å². The Labute approximate surface area is 92.7 Å². The van der Waals surface area contributed by atoms with Crippen LogP contribution in [0.3, 0.4) is 0 Å². The van der Waals surface area contributed by atoms with Gasteiger partial charge in [0.2, 0.25) is 0 Å². The number of quaternary nitrogens is 1. The largest absolute Gasteiger partial charge is 1.00 e. The topological polar surface area (TPSA) is 26.3 Å². The van der Waals surface area contributed by atoms with E-state index in [1.54, 1.807) is 6.92 Å². The number of nitrogens with zero attached hydrogens (tertiary/aromatic N) is 1. The van der Waals surface area contributed by atoms with Crippen LogP contribution in [-0.4, -0.2) is 31.3 Å². The molecule has 84 valence electrons. The molecule has 0 radical (unpaired) electrons. The number of carbonyl (C=O) groups excluding carboxylic acids is 1. The second kappa shape index (κ2) is 6.85. The van der Waals surface area contributed by atoms with Gasteiger partial charge < -0.3 is 12.4 Å². The summed E-state index contributed by atoms with van der Waals surface area (Å²) in [5.74, 6) is -0.318. The van der Waals surface area contributed by atoms with Crippen LogP contribution in [0.2, 0.25) is 0 Å². The molecule has 0 spiro atoms. The van der Waals surface area contributed by atoms with Crippen molar-refractivity contribution in [2.45, 2.75) is 26.7 Å². The van der Waals surface area contributed by atoms with Crippen LogP contribution in [0, 0.1) is 0 Å². The van der Waals surface area contributed by atoms with Gasteiger partial charge in [-0.25, -0.2) is 4.79 Å². The summed E-state index contributed by atoms with van der Waals surface area (Å²) >= 11 is 0. The molecule has 0 atom stereocenters. The van der Waals surface area contributed by atoms with Crippen LogP contribution < -0.4 is 12.4 Å². The molecule has 0 saturated carbocycles. The van der Waals surface area contributed by atoms with E-state index in [9.17, 15) is 4.79 Å². The van der Waals surface area contributed by atoms with Crippen molar-refractivity contribution in [3.63, 3.8) is 0 Å². The maximum absolute atomic E-state index is 11.2. The van der Waals surface area contributed by atoms with Crippen LogP contribution >= 0.6 is 0 Å². The smallest absolute Gasteiger partial charge is 0.392 e. The second-order valence-electron chi connectivity index (χ2n) is 3.81. The third-order valence-corrected chi connectivity index (χ3v) is 1.73. The highest BCUT2D eigenvalue weighted by atomic mass is 35.5. The lowest BCUT2D eigenvalue weighted by Crippen LogP contribution is -3.00. The van der Waals surface area contributed by atoms with Crippen molar-refractivity contribution in [1.82, 2.24) is 0 Å². The highest BCUT2D eigenvalue weighted by molar-refractivity contribution is 5.86. The molecule has 0 rings (SSSR count). The van der Waals surface area contributed by atoms with Crippen molar-refractivity contribution in [3.05, 3.63) is 12.2 Å². The summed E-state index contributed by atoms with van der Waals surface area (Å²) in [5.41, 5.74) is 0.447. The molecule has 0 N–H and O–H groups in total. The molecule has 0 amide bonds. The Morgan fingerprint density at radius 1 is 1.43 bits per heavy atom. The number of rotatable bonds is 5. The van der Waals surface area contributed by atoms with Crippen LogP contribution in [0.15, 0.2) is 12.2 Å². The predicted molar refractivity (Wildman–Crippen MR) is 52.8 cm³/mol. The Balaban J connectivity index is 0. The normalized spacial score (nSPS) is 10.3. The molecule has 4 heteroatoms. The summed E-state index contributed by atoms with van der Waals surface area (Å²) in [5, 5.41) is 0. The van der Waals surface area contributed by atoms with E-state index in [0.29, 0.717) is 5.57 Å². The number of halogens is 1. The van der Waals surface area contributed by atoms with Gasteiger partial charge in [-0.1, -0.05) is 19.9 Å². The lowest BCUT2D eigenvalue weighted by Gasteiger charge is -2.25. The molecule has 0 aromatic heterocycles. The minimum atomic E-state index is -0.318. The fourth-order valence-electron chi connectivity index (χ4n) is 0.887.